The number of nitrogens with one attached hydrogen (secondary N) is 2. The second kappa shape index (κ2) is 6.58. The fourth-order valence-corrected chi connectivity index (χ4v) is 4.59. The highest BCUT2D eigenvalue weighted by atomic mass is 79.9. The third-order valence-corrected chi connectivity index (χ3v) is 6.07. The Labute approximate surface area is 154 Å². The standard InChI is InChI=1S/2C7H5NO3S.BrH/c2*9-7-5-3-1-2-4-6(5)12(10,11)8-7;/h2*1-4H,(H,8,9);1H. The van der Waals surface area contributed by atoms with Gasteiger partial charge in [-0.15, -0.1) is 17.0 Å². The van der Waals surface area contributed by atoms with Crippen molar-refractivity contribution in [3.05, 3.63) is 59.7 Å². The molecule has 25 heavy (non-hydrogen) atoms. The molecule has 0 aromatic heterocycles. The third kappa shape index (κ3) is 3.43. The summed E-state index contributed by atoms with van der Waals surface area (Å²) in [5, 5.41) is 0. The van der Waals surface area contributed by atoms with Gasteiger partial charge in [0, 0.05) is 0 Å². The Morgan fingerprint density at radius 3 is 1.24 bits per heavy atom. The highest BCUT2D eigenvalue weighted by Crippen LogP contribution is 2.21. The van der Waals surface area contributed by atoms with Crippen LogP contribution in [0.2, 0.25) is 0 Å². The van der Waals surface area contributed by atoms with E-state index in [0.29, 0.717) is 0 Å². The van der Waals surface area contributed by atoms with Crippen LogP contribution in [0.4, 0.5) is 0 Å². The molecule has 0 spiro atoms. The molecule has 0 atom stereocenters. The van der Waals surface area contributed by atoms with Gasteiger partial charge in [0.1, 0.15) is 9.79 Å². The summed E-state index contributed by atoms with van der Waals surface area (Å²) >= 11 is 0. The van der Waals surface area contributed by atoms with Crippen molar-refractivity contribution in [1.82, 2.24) is 9.44 Å². The van der Waals surface area contributed by atoms with E-state index in [1.165, 1.54) is 24.3 Å². The van der Waals surface area contributed by atoms with Crippen molar-refractivity contribution in [2.24, 2.45) is 0 Å². The summed E-state index contributed by atoms with van der Waals surface area (Å²) in [5.41, 5.74) is 0.440. The molecule has 132 valence electrons. The van der Waals surface area contributed by atoms with E-state index in [1.54, 1.807) is 24.3 Å². The van der Waals surface area contributed by atoms with Gasteiger partial charge in [0.2, 0.25) is 0 Å². The van der Waals surface area contributed by atoms with Crippen molar-refractivity contribution in [2.75, 3.05) is 0 Å². The molecule has 0 unspecified atom stereocenters. The molecular formula is C14H11BrN2O6S2. The topological polar surface area (TPSA) is 126 Å². The van der Waals surface area contributed by atoms with Crippen LogP contribution in [0.5, 0.6) is 0 Å². The number of sulfonamides is 2. The Balaban J connectivity index is 0.000000173. The molecule has 2 N–H and O–H groups in total. The van der Waals surface area contributed by atoms with Crippen molar-refractivity contribution in [3.8, 4) is 0 Å². The van der Waals surface area contributed by atoms with Crippen LogP contribution in [0.1, 0.15) is 20.7 Å². The number of amides is 2. The van der Waals surface area contributed by atoms with Gasteiger partial charge in [-0.25, -0.2) is 26.3 Å². The lowest BCUT2D eigenvalue weighted by Gasteiger charge is -1.91. The van der Waals surface area contributed by atoms with E-state index >= 15 is 0 Å². The van der Waals surface area contributed by atoms with Gasteiger partial charge in [0.25, 0.3) is 31.9 Å². The van der Waals surface area contributed by atoms with Gasteiger partial charge in [-0.05, 0) is 24.3 Å². The number of rotatable bonds is 0. The Bertz CT molecular complexity index is 993. The van der Waals surface area contributed by atoms with Gasteiger partial charge >= 0.3 is 0 Å². The molecule has 2 aliphatic rings. The first-order valence-corrected chi connectivity index (χ1v) is 9.51. The van der Waals surface area contributed by atoms with E-state index in [4.69, 9.17) is 0 Å². The van der Waals surface area contributed by atoms with Crippen molar-refractivity contribution in [1.29, 1.82) is 0 Å². The van der Waals surface area contributed by atoms with Crippen LogP contribution < -0.4 is 9.44 Å². The molecule has 2 aromatic carbocycles. The fourth-order valence-electron chi connectivity index (χ4n) is 2.24. The first-order chi connectivity index (χ1) is 11.2. The average molecular weight is 447 g/mol. The number of fused-ring (bicyclic) bond motifs is 2. The van der Waals surface area contributed by atoms with Gasteiger partial charge in [-0.1, -0.05) is 24.3 Å². The minimum Gasteiger partial charge on any atom is -0.268 e. The zero-order valence-electron chi connectivity index (χ0n) is 12.3. The lowest BCUT2D eigenvalue weighted by atomic mass is 10.2. The molecular weight excluding hydrogens is 436 g/mol. The maximum absolute atomic E-state index is 11.1. The summed E-state index contributed by atoms with van der Waals surface area (Å²) in [6, 6.07) is 12.2. The molecule has 2 aliphatic heterocycles. The van der Waals surface area contributed by atoms with Crippen LogP contribution in [0.3, 0.4) is 0 Å². The molecule has 2 aromatic rings. The highest BCUT2D eigenvalue weighted by Gasteiger charge is 2.32. The lowest BCUT2D eigenvalue weighted by Crippen LogP contribution is -2.20. The van der Waals surface area contributed by atoms with Gasteiger partial charge in [0.05, 0.1) is 11.1 Å². The molecule has 11 heteroatoms. The molecule has 2 amide bonds. The van der Waals surface area contributed by atoms with E-state index in [2.05, 4.69) is 0 Å². The van der Waals surface area contributed by atoms with Crippen molar-refractivity contribution in [3.63, 3.8) is 0 Å². The molecule has 0 bridgehead atoms. The SMILES string of the molecule is Br.O=C1NS(=O)(=O)c2ccccc21.O=C1NS(=O)(=O)c2ccccc21. The fraction of sp³-hybridized carbons (Fsp3) is 0. The predicted octanol–water partition coefficient (Wildman–Crippen LogP) is 0.815. The summed E-state index contributed by atoms with van der Waals surface area (Å²) in [6.45, 7) is 0. The van der Waals surface area contributed by atoms with Gasteiger partial charge in [-0.2, -0.15) is 0 Å². The summed E-state index contributed by atoms with van der Waals surface area (Å²) in [4.78, 5) is 22.1. The zero-order valence-corrected chi connectivity index (χ0v) is 15.6. The smallest absolute Gasteiger partial charge is 0.266 e. The molecule has 0 saturated carbocycles. The molecule has 0 saturated heterocycles. The zero-order chi connectivity index (χ0) is 17.5. The molecule has 0 aliphatic carbocycles. The summed E-state index contributed by atoms with van der Waals surface area (Å²) in [7, 11) is -7.11. The minimum atomic E-state index is -3.55. The van der Waals surface area contributed by atoms with Crippen LogP contribution in [0, 0.1) is 0 Å². The van der Waals surface area contributed by atoms with E-state index in [1.807, 2.05) is 9.44 Å². The summed E-state index contributed by atoms with van der Waals surface area (Å²) < 4.78 is 48.3. The Kier molecular flexibility index (Phi) is 5.02. The van der Waals surface area contributed by atoms with E-state index in [9.17, 15) is 26.4 Å². The monoisotopic (exact) mass is 446 g/mol. The van der Waals surface area contributed by atoms with Crippen LogP contribution >= 0.6 is 17.0 Å². The molecule has 0 radical (unpaired) electrons. The predicted molar refractivity (Wildman–Crippen MR) is 92.5 cm³/mol. The number of benzene rings is 2. The molecule has 0 fully saturated rings. The maximum atomic E-state index is 11.1. The number of carbonyl (C=O) groups is 2. The normalized spacial score (nSPS) is 17.8. The molecule has 8 nitrogen and oxygen atoms in total. The van der Waals surface area contributed by atoms with Crippen molar-refractivity contribution < 1.29 is 26.4 Å². The lowest BCUT2D eigenvalue weighted by molar-refractivity contribution is 0.0976. The number of carbonyl (C=O) groups excluding carboxylic acids is 2. The first kappa shape index (κ1) is 19.1. The quantitative estimate of drug-likeness (QED) is 0.616. The van der Waals surface area contributed by atoms with Gasteiger partial charge in [0.15, 0.2) is 0 Å². The van der Waals surface area contributed by atoms with Crippen LogP contribution in [-0.4, -0.2) is 28.6 Å². The summed E-state index contributed by atoms with van der Waals surface area (Å²) in [6.07, 6.45) is 0. The number of halogens is 1. The summed E-state index contributed by atoms with van der Waals surface area (Å²) in [5.74, 6) is -1.10. The number of hydrogen-bond donors (Lipinski definition) is 2. The molecule has 2 heterocycles. The maximum Gasteiger partial charge on any atom is 0.266 e. The van der Waals surface area contributed by atoms with Gasteiger partial charge < -0.3 is 0 Å². The first-order valence-electron chi connectivity index (χ1n) is 6.55. The largest absolute Gasteiger partial charge is 0.268 e. The van der Waals surface area contributed by atoms with Gasteiger partial charge in [-0.3, -0.25) is 9.59 Å². The number of hydrogen-bond acceptors (Lipinski definition) is 6. The third-order valence-electron chi connectivity index (χ3n) is 3.30. The van der Waals surface area contributed by atoms with Crippen LogP contribution in [0.15, 0.2) is 58.3 Å². The van der Waals surface area contributed by atoms with Crippen molar-refractivity contribution in [2.45, 2.75) is 9.79 Å². The van der Waals surface area contributed by atoms with E-state index < -0.39 is 31.9 Å². The highest BCUT2D eigenvalue weighted by molar-refractivity contribution is 8.93. The second-order valence-electron chi connectivity index (χ2n) is 4.86. The average Bonchev–Trinajstić information content (AvgIpc) is 2.91. The molecule has 4 rings (SSSR count). The van der Waals surface area contributed by atoms with Crippen LogP contribution in [-0.2, 0) is 20.0 Å². The van der Waals surface area contributed by atoms with Crippen LogP contribution in [0.25, 0.3) is 0 Å². The Morgan fingerprint density at radius 2 is 0.920 bits per heavy atom. The van der Waals surface area contributed by atoms with Crippen molar-refractivity contribution >= 4 is 48.8 Å². The Hall–Kier alpha value is -2.24. The minimum absolute atomic E-state index is 0. The van der Waals surface area contributed by atoms with E-state index in [0.717, 1.165) is 0 Å². The van der Waals surface area contributed by atoms with E-state index in [-0.39, 0.29) is 37.9 Å². The Morgan fingerprint density at radius 1 is 0.600 bits per heavy atom. The second-order valence-corrected chi connectivity index (χ2v) is 8.16.